The maximum atomic E-state index is 12.4. The SMILES string of the molecule is Cc1ccc(-n2c(SC(C)C(=O)NC(C)C)nnc2-c2ccccc2)cc1C. The molecule has 0 spiro atoms. The van der Waals surface area contributed by atoms with Gasteiger partial charge in [-0.3, -0.25) is 9.36 Å². The molecule has 0 aliphatic heterocycles. The van der Waals surface area contributed by atoms with Crippen LogP contribution in [0.25, 0.3) is 17.1 Å². The second-order valence-corrected chi connectivity index (χ2v) is 8.51. The number of aromatic nitrogens is 3. The van der Waals surface area contributed by atoms with Crippen LogP contribution in [0.3, 0.4) is 0 Å². The summed E-state index contributed by atoms with van der Waals surface area (Å²) in [4.78, 5) is 12.4. The molecule has 1 amide bonds. The zero-order valence-corrected chi connectivity index (χ0v) is 17.7. The van der Waals surface area contributed by atoms with E-state index in [0.717, 1.165) is 17.1 Å². The standard InChI is InChI=1S/C22H26N4OS/c1-14(2)23-21(27)17(5)28-22-25-24-20(18-9-7-6-8-10-18)26(22)19-12-11-15(3)16(4)13-19/h6-14,17H,1-5H3,(H,23,27). The first-order chi connectivity index (χ1) is 13.4. The van der Waals surface area contributed by atoms with Crippen LogP contribution in [-0.2, 0) is 4.79 Å². The van der Waals surface area contributed by atoms with Crippen LogP contribution in [0.1, 0.15) is 31.9 Å². The van der Waals surface area contributed by atoms with Crippen LogP contribution >= 0.6 is 11.8 Å². The van der Waals surface area contributed by atoms with Gasteiger partial charge in [0.05, 0.1) is 10.9 Å². The minimum Gasteiger partial charge on any atom is -0.353 e. The van der Waals surface area contributed by atoms with E-state index in [1.807, 2.05) is 55.7 Å². The van der Waals surface area contributed by atoms with E-state index < -0.39 is 0 Å². The first-order valence-electron chi connectivity index (χ1n) is 9.42. The third-order valence-corrected chi connectivity index (χ3v) is 5.54. The highest BCUT2D eigenvalue weighted by Gasteiger charge is 2.22. The van der Waals surface area contributed by atoms with Gasteiger partial charge in [-0.1, -0.05) is 48.2 Å². The second-order valence-electron chi connectivity index (χ2n) is 7.20. The monoisotopic (exact) mass is 394 g/mol. The largest absolute Gasteiger partial charge is 0.353 e. The number of thioether (sulfide) groups is 1. The van der Waals surface area contributed by atoms with Gasteiger partial charge in [0.1, 0.15) is 0 Å². The second kappa shape index (κ2) is 8.61. The Bertz CT molecular complexity index is 966. The van der Waals surface area contributed by atoms with Crippen molar-refractivity contribution in [2.24, 2.45) is 0 Å². The number of hydrogen-bond donors (Lipinski definition) is 1. The molecule has 3 rings (SSSR count). The highest BCUT2D eigenvalue weighted by atomic mass is 32.2. The van der Waals surface area contributed by atoms with Crippen molar-refractivity contribution >= 4 is 17.7 Å². The first-order valence-corrected chi connectivity index (χ1v) is 10.3. The lowest BCUT2D eigenvalue weighted by molar-refractivity contribution is -0.120. The van der Waals surface area contributed by atoms with Crippen molar-refractivity contribution in [3.63, 3.8) is 0 Å². The van der Waals surface area contributed by atoms with Crippen molar-refractivity contribution in [2.75, 3.05) is 0 Å². The summed E-state index contributed by atoms with van der Waals surface area (Å²) in [7, 11) is 0. The Labute approximate surface area is 170 Å². The zero-order valence-electron chi connectivity index (χ0n) is 16.9. The molecular formula is C22H26N4OS. The average Bonchev–Trinajstić information content (AvgIpc) is 3.07. The molecule has 0 radical (unpaired) electrons. The van der Waals surface area contributed by atoms with E-state index in [1.54, 1.807) is 0 Å². The molecule has 0 bridgehead atoms. The van der Waals surface area contributed by atoms with Crippen LogP contribution in [0, 0.1) is 13.8 Å². The molecule has 0 aliphatic carbocycles. The number of carbonyl (C=O) groups is 1. The number of nitrogens with one attached hydrogen (secondary N) is 1. The molecule has 2 aromatic carbocycles. The number of aryl methyl sites for hydroxylation is 2. The molecule has 146 valence electrons. The van der Waals surface area contributed by atoms with Crippen LogP contribution < -0.4 is 5.32 Å². The number of benzene rings is 2. The number of rotatable bonds is 6. The molecule has 6 heteroatoms. The summed E-state index contributed by atoms with van der Waals surface area (Å²) in [5, 5.41) is 12.3. The highest BCUT2D eigenvalue weighted by Crippen LogP contribution is 2.30. The number of nitrogens with zero attached hydrogens (tertiary/aromatic N) is 3. The number of hydrogen-bond acceptors (Lipinski definition) is 4. The van der Waals surface area contributed by atoms with Gasteiger partial charge in [-0.15, -0.1) is 10.2 Å². The lowest BCUT2D eigenvalue weighted by Gasteiger charge is -2.16. The Morgan fingerprint density at radius 2 is 1.71 bits per heavy atom. The maximum Gasteiger partial charge on any atom is 0.233 e. The molecule has 1 atom stereocenters. The Hall–Kier alpha value is -2.60. The van der Waals surface area contributed by atoms with Crippen LogP contribution in [0.15, 0.2) is 53.7 Å². The molecule has 1 heterocycles. The molecule has 0 fully saturated rings. The van der Waals surface area contributed by atoms with Gasteiger partial charge in [0, 0.05) is 11.6 Å². The summed E-state index contributed by atoms with van der Waals surface area (Å²) in [5.41, 5.74) is 4.41. The van der Waals surface area contributed by atoms with Crippen LogP contribution in [0.5, 0.6) is 0 Å². The van der Waals surface area contributed by atoms with Crippen molar-refractivity contribution in [3.05, 3.63) is 59.7 Å². The summed E-state index contributed by atoms with van der Waals surface area (Å²) in [5.74, 6) is 0.763. The molecule has 0 saturated carbocycles. The Morgan fingerprint density at radius 1 is 1.00 bits per heavy atom. The van der Waals surface area contributed by atoms with Crippen molar-refractivity contribution in [3.8, 4) is 17.1 Å². The third kappa shape index (κ3) is 4.44. The van der Waals surface area contributed by atoms with E-state index >= 15 is 0 Å². The van der Waals surface area contributed by atoms with Crippen molar-refractivity contribution < 1.29 is 4.79 Å². The van der Waals surface area contributed by atoms with E-state index in [4.69, 9.17) is 0 Å². The van der Waals surface area contributed by atoms with Crippen molar-refractivity contribution in [2.45, 2.75) is 51.1 Å². The fourth-order valence-electron chi connectivity index (χ4n) is 2.83. The minimum absolute atomic E-state index is 0.00380. The van der Waals surface area contributed by atoms with Crippen molar-refractivity contribution in [1.29, 1.82) is 0 Å². The van der Waals surface area contributed by atoms with Gasteiger partial charge in [0.2, 0.25) is 5.91 Å². The summed E-state index contributed by atoms with van der Waals surface area (Å²) < 4.78 is 2.03. The predicted molar refractivity (Wildman–Crippen MR) is 115 cm³/mol. The predicted octanol–water partition coefficient (Wildman–Crippen LogP) is 4.56. The van der Waals surface area contributed by atoms with Gasteiger partial charge < -0.3 is 5.32 Å². The first kappa shape index (κ1) is 20.1. The van der Waals surface area contributed by atoms with Crippen LogP contribution in [0.4, 0.5) is 0 Å². The van der Waals surface area contributed by atoms with E-state index in [9.17, 15) is 4.79 Å². The van der Waals surface area contributed by atoms with Gasteiger partial charge in [-0.05, 0) is 57.9 Å². The van der Waals surface area contributed by atoms with E-state index in [2.05, 4.69) is 47.6 Å². The number of carbonyl (C=O) groups excluding carboxylic acids is 1. The molecular weight excluding hydrogens is 368 g/mol. The average molecular weight is 395 g/mol. The van der Waals surface area contributed by atoms with E-state index in [1.165, 1.54) is 22.9 Å². The minimum atomic E-state index is -0.277. The Kier molecular flexibility index (Phi) is 6.19. The van der Waals surface area contributed by atoms with Gasteiger partial charge in [-0.2, -0.15) is 0 Å². The van der Waals surface area contributed by atoms with E-state index in [0.29, 0.717) is 5.16 Å². The molecule has 3 aromatic rings. The highest BCUT2D eigenvalue weighted by molar-refractivity contribution is 8.00. The van der Waals surface area contributed by atoms with E-state index in [-0.39, 0.29) is 17.2 Å². The zero-order chi connectivity index (χ0) is 20.3. The van der Waals surface area contributed by atoms with Gasteiger partial charge in [0.15, 0.2) is 11.0 Å². The van der Waals surface area contributed by atoms with Crippen molar-refractivity contribution in [1.82, 2.24) is 20.1 Å². The summed E-state index contributed by atoms with van der Waals surface area (Å²) in [6, 6.07) is 16.4. The topological polar surface area (TPSA) is 59.8 Å². The smallest absolute Gasteiger partial charge is 0.233 e. The molecule has 5 nitrogen and oxygen atoms in total. The third-order valence-electron chi connectivity index (χ3n) is 4.50. The molecule has 1 aromatic heterocycles. The normalized spacial score (nSPS) is 12.2. The number of amides is 1. The fraction of sp³-hybridized carbons (Fsp3) is 0.318. The van der Waals surface area contributed by atoms with Crippen LogP contribution in [-0.4, -0.2) is 32.0 Å². The summed E-state index contributed by atoms with van der Waals surface area (Å²) >= 11 is 1.42. The molecule has 0 saturated heterocycles. The lowest BCUT2D eigenvalue weighted by atomic mass is 10.1. The quantitative estimate of drug-likeness (QED) is 0.623. The van der Waals surface area contributed by atoms with Gasteiger partial charge >= 0.3 is 0 Å². The summed E-state index contributed by atoms with van der Waals surface area (Å²) in [6.45, 7) is 10.00. The molecule has 0 aliphatic rings. The maximum absolute atomic E-state index is 12.4. The lowest BCUT2D eigenvalue weighted by Crippen LogP contribution is -2.36. The molecule has 1 N–H and O–H groups in total. The Morgan fingerprint density at radius 3 is 2.36 bits per heavy atom. The Balaban J connectivity index is 2.04. The van der Waals surface area contributed by atoms with Crippen LogP contribution in [0.2, 0.25) is 0 Å². The molecule has 1 unspecified atom stereocenters. The summed E-state index contributed by atoms with van der Waals surface area (Å²) in [6.07, 6.45) is 0. The molecule has 28 heavy (non-hydrogen) atoms. The van der Waals surface area contributed by atoms with Gasteiger partial charge in [0.25, 0.3) is 0 Å². The fourth-order valence-corrected chi connectivity index (χ4v) is 3.71. The van der Waals surface area contributed by atoms with Gasteiger partial charge in [-0.25, -0.2) is 0 Å².